The van der Waals surface area contributed by atoms with Crippen LogP contribution in [0.25, 0.3) is 0 Å². The van der Waals surface area contributed by atoms with E-state index in [1.165, 1.54) is 17.7 Å². The van der Waals surface area contributed by atoms with Crippen LogP contribution in [-0.4, -0.2) is 10.9 Å². The molecule has 1 N–H and O–H groups in total. The Morgan fingerprint density at radius 1 is 1.41 bits per heavy atom. The van der Waals surface area contributed by atoms with Gasteiger partial charge in [0.25, 0.3) is 0 Å². The quantitative estimate of drug-likeness (QED) is 0.796. The third-order valence-corrected chi connectivity index (χ3v) is 2.39. The van der Waals surface area contributed by atoms with E-state index in [4.69, 9.17) is 5.11 Å². The Labute approximate surface area is 101 Å². The van der Waals surface area contributed by atoms with Gasteiger partial charge in [-0.05, 0) is 38.0 Å². The summed E-state index contributed by atoms with van der Waals surface area (Å²) in [4.78, 5) is 11.6. The van der Waals surface area contributed by atoms with E-state index in [0.717, 1.165) is 6.42 Å². The van der Waals surface area contributed by atoms with Gasteiger partial charge in [0.15, 0.2) is 11.6 Å². The van der Waals surface area contributed by atoms with Crippen molar-refractivity contribution >= 4 is 5.78 Å². The molecule has 0 saturated heterocycles. The van der Waals surface area contributed by atoms with Gasteiger partial charge in [-0.15, -0.1) is 0 Å². The molecule has 0 unspecified atom stereocenters. The molecule has 0 radical (unpaired) electrons. The average Bonchev–Trinajstić information content (AvgIpc) is 2.23. The number of allylic oxidation sites excluding steroid dienone is 2. The van der Waals surface area contributed by atoms with Gasteiger partial charge in [-0.3, -0.25) is 4.79 Å². The predicted octanol–water partition coefficient (Wildman–Crippen LogP) is 3.39. The molecule has 0 aliphatic rings. The highest BCUT2D eigenvalue weighted by Gasteiger charge is 2.06. The summed E-state index contributed by atoms with van der Waals surface area (Å²) >= 11 is 0. The molecule has 17 heavy (non-hydrogen) atoms. The van der Waals surface area contributed by atoms with Crippen LogP contribution in [0.3, 0.4) is 0 Å². The van der Waals surface area contributed by atoms with Gasteiger partial charge < -0.3 is 5.11 Å². The molecule has 3 heteroatoms. The number of phenolic OH excluding ortho intramolecular Hbond substituents is 1. The third-order valence-electron chi connectivity index (χ3n) is 2.39. The van der Waals surface area contributed by atoms with Gasteiger partial charge in [-0.1, -0.05) is 17.7 Å². The third kappa shape index (κ3) is 4.81. The largest absolute Gasteiger partial charge is 0.505 e. The number of halogens is 1. The zero-order valence-electron chi connectivity index (χ0n) is 10.2. The molecule has 2 nitrogen and oxygen atoms in total. The lowest BCUT2D eigenvalue weighted by Gasteiger charge is -2.02. The van der Waals surface area contributed by atoms with Crippen molar-refractivity contribution in [2.75, 3.05) is 0 Å². The van der Waals surface area contributed by atoms with Crippen LogP contribution in [-0.2, 0) is 11.2 Å². The number of rotatable bonds is 5. The van der Waals surface area contributed by atoms with E-state index in [9.17, 15) is 9.18 Å². The second-order valence-corrected chi connectivity index (χ2v) is 4.32. The second-order valence-electron chi connectivity index (χ2n) is 4.32. The zero-order valence-corrected chi connectivity index (χ0v) is 10.2. The maximum Gasteiger partial charge on any atom is 0.165 e. The summed E-state index contributed by atoms with van der Waals surface area (Å²) in [5, 5.41) is 9.01. The van der Waals surface area contributed by atoms with Crippen LogP contribution in [0.1, 0.15) is 32.3 Å². The molecular weight excluding hydrogens is 219 g/mol. The molecule has 0 heterocycles. The van der Waals surface area contributed by atoms with Gasteiger partial charge in [0.2, 0.25) is 0 Å². The molecule has 0 bridgehead atoms. The fourth-order valence-corrected chi connectivity index (χ4v) is 1.50. The van der Waals surface area contributed by atoms with E-state index in [1.54, 1.807) is 6.07 Å². The van der Waals surface area contributed by atoms with Crippen LogP contribution in [0.2, 0.25) is 0 Å². The molecule has 1 aromatic carbocycles. The summed E-state index contributed by atoms with van der Waals surface area (Å²) in [6.45, 7) is 3.97. The van der Waals surface area contributed by atoms with E-state index >= 15 is 0 Å². The standard InChI is InChI=1S/C14H17FO2/c1-10(2)4-3-5-12(16)8-11-6-7-14(17)13(15)9-11/h4,6-7,9,17H,3,5,8H2,1-2H3. The SMILES string of the molecule is CC(C)=CCCC(=O)Cc1ccc(O)c(F)c1. The molecule has 0 spiro atoms. The maximum atomic E-state index is 13.0. The highest BCUT2D eigenvalue weighted by atomic mass is 19.1. The minimum atomic E-state index is -0.681. The Kier molecular flexibility index (Phi) is 4.88. The summed E-state index contributed by atoms with van der Waals surface area (Å²) in [6.07, 6.45) is 3.42. The monoisotopic (exact) mass is 236 g/mol. The minimum Gasteiger partial charge on any atom is -0.505 e. The topological polar surface area (TPSA) is 37.3 Å². The molecule has 0 fully saturated rings. The van der Waals surface area contributed by atoms with Crippen molar-refractivity contribution in [1.82, 2.24) is 0 Å². The molecular formula is C14H17FO2. The number of carbonyl (C=O) groups is 1. The van der Waals surface area contributed by atoms with E-state index < -0.39 is 5.82 Å². The van der Waals surface area contributed by atoms with Crippen molar-refractivity contribution < 1.29 is 14.3 Å². The Morgan fingerprint density at radius 3 is 2.71 bits per heavy atom. The molecule has 0 aromatic heterocycles. The number of ketones is 1. The Morgan fingerprint density at radius 2 is 2.12 bits per heavy atom. The summed E-state index contributed by atoms with van der Waals surface area (Å²) in [7, 11) is 0. The first-order valence-corrected chi connectivity index (χ1v) is 5.61. The maximum absolute atomic E-state index is 13.0. The summed E-state index contributed by atoms with van der Waals surface area (Å²) in [5.41, 5.74) is 1.79. The van der Waals surface area contributed by atoms with Crippen molar-refractivity contribution in [2.24, 2.45) is 0 Å². The molecule has 0 saturated carbocycles. The predicted molar refractivity (Wildman–Crippen MR) is 65.4 cm³/mol. The highest BCUT2D eigenvalue weighted by Crippen LogP contribution is 2.17. The van der Waals surface area contributed by atoms with Crippen molar-refractivity contribution in [1.29, 1.82) is 0 Å². The molecule has 1 rings (SSSR count). The van der Waals surface area contributed by atoms with Gasteiger partial charge in [0.1, 0.15) is 5.78 Å². The van der Waals surface area contributed by atoms with E-state index in [-0.39, 0.29) is 18.0 Å². The number of phenols is 1. The van der Waals surface area contributed by atoms with Crippen LogP contribution >= 0.6 is 0 Å². The lowest BCUT2D eigenvalue weighted by atomic mass is 10.0. The number of aromatic hydroxyl groups is 1. The number of carbonyl (C=O) groups excluding carboxylic acids is 1. The van der Waals surface area contributed by atoms with E-state index in [0.29, 0.717) is 12.0 Å². The number of benzene rings is 1. The average molecular weight is 236 g/mol. The molecule has 0 atom stereocenters. The first kappa shape index (κ1) is 13.4. The van der Waals surface area contributed by atoms with Crippen molar-refractivity contribution in [3.63, 3.8) is 0 Å². The van der Waals surface area contributed by atoms with Gasteiger partial charge in [-0.2, -0.15) is 0 Å². The van der Waals surface area contributed by atoms with Crippen LogP contribution in [0.5, 0.6) is 5.75 Å². The molecule has 0 aliphatic heterocycles. The molecule has 1 aromatic rings. The van der Waals surface area contributed by atoms with Crippen LogP contribution in [0, 0.1) is 5.82 Å². The van der Waals surface area contributed by atoms with Gasteiger partial charge in [0.05, 0.1) is 0 Å². The summed E-state index contributed by atoms with van der Waals surface area (Å²) in [6, 6.07) is 4.04. The zero-order chi connectivity index (χ0) is 12.8. The molecule has 0 aliphatic carbocycles. The minimum absolute atomic E-state index is 0.0765. The Balaban J connectivity index is 2.51. The van der Waals surface area contributed by atoms with Crippen LogP contribution < -0.4 is 0 Å². The van der Waals surface area contributed by atoms with Crippen LogP contribution in [0.4, 0.5) is 4.39 Å². The Bertz CT molecular complexity index is 432. The fourth-order valence-electron chi connectivity index (χ4n) is 1.50. The summed E-state index contributed by atoms with van der Waals surface area (Å²) in [5.74, 6) is -0.988. The molecule has 92 valence electrons. The first-order valence-electron chi connectivity index (χ1n) is 5.61. The van der Waals surface area contributed by atoms with Gasteiger partial charge in [-0.25, -0.2) is 4.39 Å². The van der Waals surface area contributed by atoms with Crippen molar-refractivity contribution in [2.45, 2.75) is 33.1 Å². The number of Topliss-reactive ketones (excluding diaryl/α,β-unsaturated/α-hetero) is 1. The van der Waals surface area contributed by atoms with Gasteiger partial charge >= 0.3 is 0 Å². The van der Waals surface area contributed by atoms with E-state index in [2.05, 4.69) is 0 Å². The smallest absolute Gasteiger partial charge is 0.165 e. The van der Waals surface area contributed by atoms with Crippen molar-refractivity contribution in [3.8, 4) is 5.75 Å². The molecule has 0 amide bonds. The number of hydrogen-bond donors (Lipinski definition) is 1. The van der Waals surface area contributed by atoms with Crippen molar-refractivity contribution in [3.05, 3.63) is 41.2 Å². The highest BCUT2D eigenvalue weighted by molar-refractivity contribution is 5.81. The lowest BCUT2D eigenvalue weighted by molar-refractivity contribution is -0.118. The fraction of sp³-hybridized carbons (Fsp3) is 0.357. The normalized spacial score (nSPS) is 10.1. The number of hydrogen-bond acceptors (Lipinski definition) is 2. The summed E-state index contributed by atoms with van der Waals surface area (Å²) < 4.78 is 13.0. The van der Waals surface area contributed by atoms with Gasteiger partial charge in [0, 0.05) is 12.8 Å². The van der Waals surface area contributed by atoms with Crippen LogP contribution in [0.15, 0.2) is 29.8 Å². The first-order chi connectivity index (χ1) is 7.99. The second kappa shape index (κ2) is 6.18. The Hall–Kier alpha value is -1.64. The van der Waals surface area contributed by atoms with E-state index in [1.807, 2.05) is 19.9 Å². The lowest BCUT2D eigenvalue weighted by Crippen LogP contribution is -2.02.